The normalized spacial score (nSPS) is 10.0. The highest BCUT2D eigenvalue weighted by Crippen LogP contribution is 2.21. The molecule has 1 aromatic carbocycles. The maximum atomic E-state index is 11.6. The van der Waals surface area contributed by atoms with Crippen LogP contribution >= 0.6 is 0 Å². The van der Waals surface area contributed by atoms with Gasteiger partial charge in [0.05, 0.1) is 12.2 Å². The van der Waals surface area contributed by atoms with E-state index in [4.69, 9.17) is 10.5 Å². The zero-order valence-corrected chi connectivity index (χ0v) is 9.55. The Morgan fingerprint density at radius 3 is 2.72 bits per heavy atom. The fourth-order valence-electron chi connectivity index (χ4n) is 1.21. The summed E-state index contributed by atoms with van der Waals surface area (Å²) in [6, 6.07) is 3.63. The van der Waals surface area contributed by atoms with Gasteiger partial charge in [0.15, 0.2) is 0 Å². The summed E-state index contributed by atoms with van der Waals surface area (Å²) in [4.78, 5) is 21.9. The largest absolute Gasteiger partial charge is 0.508 e. The number of hydrogen-bond donors (Lipinski definition) is 4. The molecule has 0 fully saturated rings. The lowest BCUT2D eigenvalue weighted by atomic mass is 10.2. The molecule has 0 saturated carbocycles. The molecule has 0 aromatic heterocycles. The van der Waals surface area contributed by atoms with Gasteiger partial charge in [-0.15, -0.1) is 0 Å². The molecule has 0 heterocycles. The topological polar surface area (TPSA) is 122 Å². The molecule has 0 aliphatic carbocycles. The van der Waals surface area contributed by atoms with Crippen molar-refractivity contribution in [3.63, 3.8) is 0 Å². The molecular weight excluding hydrogens is 240 g/mol. The zero-order valence-electron chi connectivity index (χ0n) is 9.55. The van der Waals surface area contributed by atoms with Crippen LogP contribution in [0.5, 0.6) is 11.5 Å². The van der Waals surface area contributed by atoms with E-state index < -0.39 is 11.8 Å². The summed E-state index contributed by atoms with van der Waals surface area (Å²) in [6.45, 7) is 0.0582. The van der Waals surface area contributed by atoms with Crippen molar-refractivity contribution in [2.45, 2.75) is 0 Å². The maximum absolute atomic E-state index is 11.6. The molecule has 7 heteroatoms. The van der Waals surface area contributed by atoms with Crippen LogP contribution in [-0.4, -0.2) is 41.8 Å². The van der Waals surface area contributed by atoms with Crippen molar-refractivity contribution in [2.24, 2.45) is 5.73 Å². The van der Waals surface area contributed by atoms with Crippen molar-refractivity contribution in [3.05, 3.63) is 23.8 Å². The van der Waals surface area contributed by atoms with Gasteiger partial charge in [-0.05, 0) is 18.2 Å². The van der Waals surface area contributed by atoms with Gasteiger partial charge in [0.25, 0.3) is 5.91 Å². The first kappa shape index (κ1) is 13.8. The second kappa shape index (κ2) is 6.45. The first-order valence-electron chi connectivity index (χ1n) is 5.17. The number of nitrogens with one attached hydrogen (secondary N) is 1. The van der Waals surface area contributed by atoms with E-state index in [0.717, 1.165) is 6.07 Å². The summed E-state index contributed by atoms with van der Waals surface area (Å²) in [5.74, 6) is -1.50. The lowest BCUT2D eigenvalue weighted by Crippen LogP contribution is -2.28. The molecule has 0 radical (unpaired) electrons. The molecule has 0 aliphatic rings. The van der Waals surface area contributed by atoms with Crippen molar-refractivity contribution < 1.29 is 24.5 Å². The number of hydrogen-bond acceptors (Lipinski definition) is 5. The van der Waals surface area contributed by atoms with Gasteiger partial charge in [0, 0.05) is 6.54 Å². The SMILES string of the molecule is NC(=O)COCCNC(=O)c1cc(O)ccc1O. The van der Waals surface area contributed by atoms with Gasteiger partial charge in [0.1, 0.15) is 18.1 Å². The van der Waals surface area contributed by atoms with Crippen LogP contribution in [0.1, 0.15) is 10.4 Å². The zero-order chi connectivity index (χ0) is 13.5. The fourth-order valence-corrected chi connectivity index (χ4v) is 1.21. The van der Waals surface area contributed by atoms with Crippen molar-refractivity contribution in [3.8, 4) is 11.5 Å². The third kappa shape index (κ3) is 4.30. The Balaban J connectivity index is 2.41. The highest BCUT2D eigenvalue weighted by Gasteiger charge is 2.11. The van der Waals surface area contributed by atoms with Gasteiger partial charge in [-0.1, -0.05) is 0 Å². The number of carbonyl (C=O) groups is 2. The number of rotatable bonds is 6. The molecule has 0 unspecified atom stereocenters. The predicted octanol–water partition coefficient (Wildman–Crippen LogP) is -0.670. The van der Waals surface area contributed by atoms with Crippen LogP contribution in [0.4, 0.5) is 0 Å². The number of ether oxygens (including phenoxy) is 1. The lowest BCUT2D eigenvalue weighted by molar-refractivity contribution is -0.122. The maximum Gasteiger partial charge on any atom is 0.255 e. The molecule has 98 valence electrons. The van der Waals surface area contributed by atoms with Crippen LogP contribution in [0.3, 0.4) is 0 Å². The molecule has 1 aromatic rings. The Hall–Kier alpha value is -2.28. The Labute approximate surface area is 103 Å². The Kier molecular flexibility index (Phi) is 4.94. The van der Waals surface area contributed by atoms with Gasteiger partial charge >= 0.3 is 0 Å². The van der Waals surface area contributed by atoms with Gasteiger partial charge in [0.2, 0.25) is 5.91 Å². The number of phenolic OH excluding ortho intramolecular Hbond substituents is 2. The Morgan fingerprint density at radius 1 is 1.33 bits per heavy atom. The molecule has 0 saturated heterocycles. The number of nitrogens with two attached hydrogens (primary N) is 1. The monoisotopic (exact) mass is 254 g/mol. The first-order chi connectivity index (χ1) is 8.50. The molecule has 1 rings (SSSR count). The fraction of sp³-hybridized carbons (Fsp3) is 0.273. The second-order valence-electron chi connectivity index (χ2n) is 3.48. The minimum absolute atomic E-state index is 0.0371. The molecule has 18 heavy (non-hydrogen) atoms. The summed E-state index contributed by atoms with van der Waals surface area (Å²) < 4.78 is 4.83. The smallest absolute Gasteiger partial charge is 0.255 e. The van der Waals surface area contributed by atoms with E-state index in [1.807, 2.05) is 0 Å². The van der Waals surface area contributed by atoms with Crippen molar-refractivity contribution >= 4 is 11.8 Å². The van der Waals surface area contributed by atoms with Crippen molar-refractivity contribution in [1.29, 1.82) is 0 Å². The predicted molar refractivity (Wildman–Crippen MR) is 62.1 cm³/mol. The quantitative estimate of drug-likeness (QED) is 0.396. The third-order valence-corrected chi connectivity index (χ3v) is 2.00. The molecule has 2 amide bonds. The second-order valence-corrected chi connectivity index (χ2v) is 3.48. The highest BCUT2D eigenvalue weighted by molar-refractivity contribution is 5.97. The summed E-state index contributed by atoms with van der Waals surface area (Å²) in [5.41, 5.74) is 4.81. The van der Waals surface area contributed by atoms with Crippen LogP contribution in [0.15, 0.2) is 18.2 Å². The highest BCUT2D eigenvalue weighted by atomic mass is 16.5. The van der Waals surface area contributed by atoms with Gasteiger partial charge < -0.3 is 26.0 Å². The first-order valence-corrected chi connectivity index (χ1v) is 5.17. The summed E-state index contributed by atoms with van der Waals surface area (Å²) in [5, 5.41) is 21.1. The minimum Gasteiger partial charge on any atom is -0.508 e. The number of primary amides is 1. The Morgan fingerprint density at radius 2 is 2.06 bits per heavy atom. The summed E-state index contributed by atoms with van der Waals surface area (Å²) >= 11 is 0. The molecule has 5 N–H and O–H groups in total. The number of aromatic hydroxyl groups is 2. The van der Waals surface area contributed by atoms with Crippen molar-refractivity contribution in [2.75, 3.05) is 19.8 Å². The summed E-state index contributed by atoms with van der Waals surface area (Å²) in [7, 11) is 0. The number of amides is 2. The van der Waals surface area contributed by atoms with Gasteiger partial charge in [-0.2, -0.15) is 0 Å². The van der Waals surface area contributed by atoms with E-state index in [1.165, 1.54) is 12.1 Å². The average Bonchev–Trinajstić information content (AvgIpc) is 2.31. The van der Waals surface area contributed by atoms with Crippen molar-refractivity contribution in [1.82, 2.24) is 5.32 Å². The molecule has 7 nitrogen and oxygen atoms in total. The number of carbonyl (C=O) groups excluding carboxylic acids is 2. The number of phenols is 2. The van der Waals surface area contributed by atoms with E-state index >= 15 is 0 Å². The van der Waals surface area contributed by atoms with Crippen LogP contribution in [-0.2, 0) is 9.53 Å². The van der Waals surface area contributed by atoms with E-state index in [2.05, 4.69) is 5.32 Å². The molecule has 0 bridgehead atoms. The molecular formula is C11H14N2O5. The van der Waals surface area contributed by atoms with E-state index in [0.29, 0.717) is 0 Å². The molecule has 0 spiro atoms. The average molecular weight is 254 g/mol. The molecule has 0 atom stereocenters. The lowest BCUT2D eigenvalue weighted by Gasteiger charge is -2.07. The summed E-state index contributed by atoms with van der Waals surface area (Å²) in [6.07, 6.45) is 0. The van der Waals surface area contributed by atoms with Crippen LogP contribution in [0.2, 0.25) is 0 Å². The minimum atomic E-state index is -0.591. The van der Waals surface area contributed by atoms with Crippen LogP contribution < -0.4 is 11.1 Å². The molecule has 0 aliphatic heterocycles. The van der Waals surface area contributed by atoms with Crippen LogP contribution in [0.25, 0.3) is 0 Å². The number of benzene rings is 1. The van der Waals surface area contributed by atoms with Crippen LogP contribution in [0, 0.1) is 0 Å². The van der Waals surface area contributed by atoms with E-state index in [9.17, 15) is 19.8 Å². The van der Waals surface area contributed by atoms with E-state index in [-0.39, 0.29) is 36.8 Å². The Bertz CT molecular complexity index is 447. The van der Waals surface area contributed by atoms with Gasteiger partial charge in [-0.3, -0.25) is 9.59 Å². The standard InChI is InChI=1S/C11H14N2O5/c12-10(16)6-18-4-3-13-11(17)8-5-7(14)1-2-9(8)15/h1-2,5,14-15H,3-4,6H2,(H2,12,16)(H,13,17). The third-order valence-electron chi connectivity index (χ3n) is 2.00. The van der Waals surface area contributed by atoms with E-state index in [1.54, 1.807) is 0 Å². The van der Waals surface area contributed by atoms with Gasteiger partial charge in [-0.25, -0.2) is 0 Å².